The summed E-state index contributed by atoms with van der Waals surface area (Å²) in [5.74, 6) is 0.587. The Morgan fingerprint density at radius 2 is 1.89 bits per heavy atom. The minimum Gasteiger partial charge on any atom is -0.378 e. The van der Waals surface area contributed by atoms with Crippen LogP contribution in [0.4, 0.5) is 0 Å². The molecule has 0 aromatic rings. The number of guanidine groups is 1. The summed E-state index contributed by atoms with van der Waals surface area (Å²) < 4.78 is 31.7. The largest absolute Gasteiger partial charge is 0.378 e. The average molecular weight is 404 g/mol. The Kier molecular flexibility index (Phi) is 8.30. The zero-order valence-corrected chi connectivity index (χ0v) is 17.4. The number of ether oxygens (including phenoxy) is 1. The molecule has 1 heterocycles. The third-order valence-corrected chi connectivity index (χ3v) is 6.21. The van der Waals surface area contributed by atoms with Gasteiger partial charge >= 0.3 is 0 Å². The molecule has 156 valence electrons. The number of hydrogen-bond donors (Lipinski definition) is 2. The monoisotopic (exact) mass is 403 g/mol. The standard InChI is InChI=1S/C17H33N5O4S/c1-4-18-17(19-13-16(23)20-15-5-6-15)21-7-9-22(10-8-21)27(24,25)12-11-26-14(2)3/h14-15H,4-13H2,1-3H3,(H,18,19)(H,20,23). The van der Waals surface area contributed by atoms with Crippen LogP contribution in [0.5, 0.6) is 0 Å². The van der Waals surface area contributed by atoms with Gasteiger partial charge in [0.2, 0.25) is 15.9 Å². The molecule has 2 fully saturated rings. The van der Waals surface area contributed by atoms with Crippen LogP contribution in [-0.2, 0) is 19.6 Å². The second kappa shape index (κ2) is 10.2. The maximum atomic E-state index is 12.4. The molecular formula is C17H33N5O4S. The molecule has 0 aromatic carbocycles. The van der Waals surface area contributed by atoms with Crippen molar-refractivity contribution in [1.82, 2.24) is 19.8 Å². The number of sulfonamides is 1. The third kappa shape index (κ3) is 7.63. The van der Waals surface area contributed by atoms with Crippen molar-refractivity contribution in [2.45, 2.75) is 45.8 Å². The van der Waals surface area contributed by atoms with Crippen LogP contribution >= 0.6 is 0 Å². The van der Waals surface area contributed by atoms with Gasteiger partial charge in [-0.25, -0.2) is 13.4 Å². The summed E-state index contributed by atoms with van der Waals surface area (Å²) in [7, 11) is -3.32. The van der Waals surface area contributed by atoms with E-state index in [4.69, 9.17) is 4.74 Å². The van der Waals surface area contributed by atoms with Gasteiger partial charge in [0.1, 0.15) is 6.54 Å². The quantitative estimate of drug-likeness (QED) is 0.401. The summed E-state index contributed by atoms with van der Waals surface area (Å²) in [6, 6.07) is 0.323. The Balaban J connectivity index is 1.84. The number of carbonyl (C=O) groups excluding carboxylic acids is 1. The Morgan fingerprint density at radius 3 is 2.44 bits per heavy atom. The molecule has 0 radical (unpaired) electrons. The van der Waals surface area contributed by atoms with Gasteiger partial charge in [0, 0.05) is 38.8 Å². The summed E-state index contributed by atoms with van der Waals surface area (Å²) in [5.41, 5.74) is 0. The molecular weight excluding hydrogens is 370 g/mol. The lowest BCUT2D eigenvalue weighted by Crippen LogP contribution is -2.54. The van der Waals surface area contributed by atoms with Crippen molar-refractivity contribution in [3.63, 3.8) is 0 Å². The van der Waals surface area contributed by atoms with Gasteiger partial charge in [0.15, 0.2) is 5.96 Å². The summed E-state index contributed by atoms with van der Waals surface area (Å²) in [6.07, 6.45) is 2.12. The number of nitrogens with zero attached hydrogens (tertiary/aromatic N) is 3. The number of amides is 1. The lowest BCUT2D eigenvalue weighted by Gasteiger charge is -2.35. The Morgan fingerprint density at radius 1 is 1.22 bits per heavy atom. The van der Waals surface area contributed by atoms with Gasteiger partial charge in [-0.2, -0.15) is 4.31 Å². The Labute approximate surface area is 162 Å². The molecule has 1 aliphatic heterocycles. The molecule has 0 atom stereocenters. The lowest BCUT2D eigenvalue weighted by atomic mass is 10.4. The molecule has 2 N–H and O–H groups in total. The van der Waals surface area contributed by atoms with Crippen molar-refractivity contribution < 1.29 is 17.9 Å². The highest BCUT2D eigenvalue weighted by Crippen LogP contribution is 2.18. The molecule has 0 unspecified atom stereocenters. The van der Waals surface area contributed by atoms with Gasteiger partial charge in [0.05, 0.1) is 18.5 Å². The first kappa shape index (κ1) is 21.9. The highest BCUT2D eigenvalue weighted by atomic mass is 32.2. The Bertz CT molecular complexity index is 611. The van der Waals surface area contributed by atoms with Crippen LogP contribution in [0.25, 0.3) is 0 Å². The van der Waals surface area contributed by atoms with Gasteiger partial charge < -0.3 is 20.3 Å². The van der Waals surface area contributed by atoms with Crippen LogP contribution in [0.2, 0.25) is 0 Å². The van der Waals surface area contributed by atoms with E-state index in [0.29, 0.717) is 44.7 Å². The molecule has 0 aromatic heterocycles. The van der Waals surface area contributed by atoms with Crippen molar-refractivity contribution in [2.75, 3.05) is 51.6 Å². The number of rotatable bonds is 9. The fraction of sp³-hybridized carbons (Fsp3) is 0.882. The van der Waals surface area contributed by atoms with Crippen molar-refractivity contribution in [1.29, 1.82) is 0 Å². The zero-order chi connectivity index (χ0) is 19.9. The number of carbonyl (C=O) groups is 1. The molecule has 0 bridgehead atoms. The first-order valence-electron chi connectivity index (χ1n) is 9.74. The molecule has 1 amide bonds. The van der Waals surface area contributed by atoms with Crippen LogP contribution in [-0.4, -0.2) is 93.3 Å². The van der Waals surface area contributed by atoms with Crippen molar-refractivity contribution in [3.8, 4) is 0 Å². The van der Waals surface area contributed by atoms with Gasteiger partial charge in [0.25, 0.3) is 0 Å². The molecule has 1 saturated heterocycles. The predicted octanol–water partition coefficient (Wildman–Crippen LogP) is -0.397. The van der Waals surface area contributed by atoms with E-state index in [1.807, 2.05) is 25.7 Å². The number of nitrogens with one attached hydrogen (secondary N) is 2. The SMILES string of the molecule is CCNC(=NCC(=O)NC1CC1)N1CCN(S(=O)(=O)CCOC(C)C)CC1. The number of aliphatic imine (C=N–C) groups is 1. The van der Waals surface area contributed by atoms with E-state index in [1.165, 1.54) is 4.31 Å². The summed E-state index contributed by atoms with van der Waals surface area (Å²) in [5, 5.41) is 6.10. The van der Waals surface area contributed by atoms with Gasteiger partial charge in [-0.3, -0.25) is 4.79 Å². The Hall–Kier alpha value is -1.39. The maximum Gasteiger partial charge on any atom is 0.242 e. The number of piperazine rings is 1. The fourth-order valence-corrected chi connectivity index (χ4v) is 4.05. The lowest BCUT2D eigenvalue weighted by molar-refractivity contribution is -0.119. The van der Waals surface area contributed by atoms with E-state index in [1.54, 1.807) is 0 Å². The van der Waals surface area contributed by atoms with E-state index >= 15 is 0 Å². The van der Waals surface area contributed by atoms with E-state index in [0.717, 1.165) is 12.8 Å². The zero-order valence-electron chi connectivity index (χ0n) is 16.6. The normalized spacial score (nSPS) is 19.4. The summed E-state index contributed by atoms with van der Waals surface area (Å²) >= 11 is 0. The first-order chi connectivity index (χ1) is 12.8. The fourth-order valence-electron chi connectivity index (χ4n) is 2.77. The highest BCUT2D eigenvalue weighted by molar-refractivity contribution is 7.89. The summed E-state index contributed by atoms with van der Waals surface area (Å²) in [6.45, 7) is 8.62. The van der Waals surface area contributed by atoms with Crippen molar-refractivity contribution in [2.24, 2.45) is 4.99 Å². The predicted molar refractivity (Wildman–Crippen MR) is 105 cm³/mol. The minimum atomic E-state index is -3.32. The highest BCUT2D eigenvalue weighted by Gasteiger charge is 2.28. The van der Waals surface area contributed by atoms with Crippen LogP contribution < -0.4 is 10.6 Å². The van der Waals surface area contributed by atoms with Crippen LogP contribution in [0.3, 0.4) is 0 Å². The van der Waals surface area contributed by atoms with E-state index < -0.39 is 10.0 Å². The van der Waals surface area contributed by atoms with Crippen molar-refractivity contribution in [3.05, 3.63) is 0 Å². The minimum absolute atomic E-state index is 0.000669. The number of hydrogen-bond acceptors (Lipinski definition) is 5. The summed E-state index contributed by atoms with van der Waals surface area (Å²) in [4.78, 5) is 18.3. The van der Waals surface area contributed by atoms with E-state index in [-0.39, 0.29) is 30.9 Å². The smallest absolute Gasteiger partial charge is 0.242 e. The van der Waals surface area contributed by atoms with Crippen LogP contribution in [0, 0.1) is 0 Å². The second-order valence-electron chi connectivity index (χ2n) is 7.13. The molecule has 9 nitrogen and oxygen atoms in total. The molecule has 10 heteroatoms. The van der Waals surface area contributed by atoms with E-state index in [2.05, 4.69) is 15.6 Å². The van der Waals surface area contributed by atoms with Crippen molar-refractivity contribution >= 4 is 21.9 Å². The van der Waals surface area contributed by atoms with Crippen LogP contribution in [0.15, 0.2) is 4.99 Å². The molecule has 27 heavy (non-hydrogen) atoms. The third-order valence-electron chi connectivity index (χ3n) is 4.37. The van der Waals surface area contributed by atoms with Gasteiger partial charge in [-0.15, -0.1) is 0 Å². The van der Waals surface area contributed by atoms with Crippen LogP contribution in [0.1, 0.15) is 33.6 Å². The average Bonchev–Trinajstić information content (AvgIpc) is 3.42. The van der Waals surface area contributed by atoms with E-state index in [9.17, 15) is 13.2 Å². The topological polar surface area (TPSA) is 103 Å². The molecule has 1 aliphatic carbocycles. The maximum absolute atomic E-state index is 12.4. The van der Waals surface area contributed by atoms with Gasteiger partial charge in [-0.05, 0) is 33.6 Å². The molecule has 2 aliphatic rings. The first-order valence-corrected chi connectivity index (χ1v) is 11.3. The van der Waals surface area contributed by atoms with Gasteiger partial charge in [-0.1, -0.05) is 0 Å². The molecule has 2 rings (SSSR count). The molecule has 0 spiro atoms. The molecule has 1 saturated carbocycles. The second-order valence-corrected chi connectivity index (χ2v) is 9.22.